The van der Waals surface area contributed by atoms with E-state index < -0.39 is 65.1 Å². The Morgan fingerprint density at radius 3 is 2.12 bits per heavy atom. The molecular weight excluding hydrogens is 845 g/mol. The number of nitrogens with zero attached hydrogens (tertiary/aromatic N) is 3. The van der Waals surface area contributed by atoms with Gasteiger partial charge in [-0.1, -0.05) is 80.6 Å². The molecule has 0 unspecified atom stereocenters. The first-order valence-corrected chi connectivity index (χ1v) is 21.6. The van der Waals surface area contributed by atoms with E-state index in [9.17, 15) is 43.2 Å². The second-order valence-electron chi connectivity index (χ2n) is 17.4. The zero-order valence-electron chi connectivity index (χ0n) is 37.7. The maximum atomic E-state index is 13.9. The van der Waals surface area contributed by atoms with Crippen molar-refractivity contribution in [2.75, 3.05) is 16.4 Å². The van der Waals surface area contributed by atoms with Gasteiger partial charge in [-0.15, -0.1) is 0 Å². The monoisotopic (exact) mass is 898 g/mol. The van der Waals surface area contributed by atoms with E-state index in [2.05, 4.69) is 21.3 Å². The minimum Gasteiger partial charge on any atom is -0.398 e. The quantitative estimate of drug-likeness (QED) is 0.0587. The first-order valence-electron chi connectivity index (χ1n) is 21.6. The molecule has 17 heteroatoms. The van der Waals surface area contributed by atoms with Crippen LogP contribution in [0.1, 0.15) is 104 Å². The van der Waals surface area contributed by atoms with Gasteiger partial charge in [0.15, 0.2) is 0 Å². The lowest BCUT2D eigenvalue weighted by Gasteiger charge is -2.29. The molecule has 6 N–H and O–H groups in total. The second kappa shape index (κ2) is 20.0. The molecule has 0 spiro atoms. The van der Waals surface area contributed by atoms with Gasteiger partial charge in [-0.2, -0.15) is 0 Å². The molecule has 0 aromatic heterocycles. The topological polar surface area (TPSA) is 237 Å². The molecule has 2 fully saturated rings. The highest BCUT2D eigenvalue weighted by Crippen LogP contribution is 2.34. The molecule has 0 aliphatic carbocycles. The van der Waals surface area contributed by atoms with Crippen LogP contribution in [-0.4, -0.2) is 85.6 Å². The van der Waals surface area contributed by atoms with Crippen LogP contribution in [0.4, 0.5) is 26.7 Å². The van der Waals surface area contributed by atoms with Crippen LogP contribution in [-0.2, 0) is 30.5 Å². The number of rotatable bonds is 13. The van der Waals surface area contributed by atoms with Crippen molar-refractivity contribution in [3.05, 3.63) is 125 Å². The zero-order valence-corrected chi connectivity index (χ0v) is 37.7. The number of nitrogens with one attached hydrogen (secondary N) is 4. The number of fused-ring (bicyclic) bond motifs is 1. The van der Waals surface area contributed by atoms with Gasteiger partial charge in [0, 0.05) is 36.4 Å². The number of piperidine rings is 1. The van der Waals surface area contributed by atoms with Crippen LogP contribution in [0.25, 0.3) is 0 Å². The lowest BCUT2D eigenvalue weighted by atomic mass is 9.97. The Balaban J connectivity index is 0.000000297. The number of ketones is 1. The first-order chi connectivity index (χ1) is 31.3. The van der Waals surface area contributed by atoms with Crippen molar-refractivity contribution in [3.63, 3.8) is 0 Å². The Hall–Kier alpha value is -7.69. The highest BCUT2D eigenvalue weighted by molar-refractivity contribution is 6.25. The summed E-state index contributed by atoms with van der Waals surface area (Å²) in [5.74, 6) is -3.21. The fourth-order valence-electron chi connectivity index (χ4n) is 8.09. The second-order valence-corrected chi connectivity index (χ2v) is 17.4. The van der Waals surface area contributed by atoms with Gasteiger partial charge < -0.3 is 26.6 Å². The van der Waals surface area contributed by atoms with E-state index in [-0.39, 0.29) is 66.8 Å². The van der Waals surface area contributed by atoms with E-state index in [0.29, 0.717) is 11.4 Å². The third-order valence-corrected chi connectivity index (χ3v) is 11.6. The average Bonchev–Trinajstić information content (AvgIpc) is 3.61. The van der Waals surface area contributed by atoms with Crippen molar-refractivity contribution in [2.24, 2.45) is 5.92 Å². The van der Waals surface area contributed by atoms with Gasteiger partial charge in [0.2, 0.25) is 17.7 Å². The van der Waals surface area contributed by atoms with Crippen LogP contribution in [0.15, 0.2) is 97.1 Å². The first kappa shape index (κ1) is 47.8. The fourth-order valence-corrected chi connectivity index (χ4v) is 8.09. The standard InChI is InChI=1S/C36H43N5O5.C13H11N3O4/c1-23(2)20-31(32(43)38-30(21-25(4)42)27-13-8-7-9-14-27)41-33(44)36(5,6)40(35(41)46)22-26-16-18-28(19-17-26)37-34(45)39-29-15-11-10-12-24(29)3;14-7-3-1-2-6-10(7)13(20)16(12(6)19)8-4-5-9(17)15-11(8)18/h7-19,23,30-31H,20-22H2,1-6H3,(H,38,43)(H2,37,39,45);1-3,8H,4-5,14H2,(H,15,17,18)/t30-,31-;8-/m00/s1. The molecule has 66 heavy (non-hydrogen) atoms. The number of Topliss-reactive ketones (excluding diaryl/α,β-unsaturated/α-hetero) is 1. The van der Waals surface area contributed by atoms with E-state index in [1.54, 1.807) is 44.2 Å². The molecule has 0 bridgehead atoms. The van der Waals surface area contributed by atoms with Crippen molar-refractivity contribution >= 4 is 70.4 Å². The van der Waals surface area contributed by atoms with E-state index in [1.807, 2.05) is 75.4 Å². The van der Waals surface area contributed by atoms with E-state index in [4.69, 9.17) is 5.73 Å². The van der Waals surface area contributed by atoms with Gasteiger partial charge in [-0.25, -0.2) is 14.5 Å². The molecule has 17 nitrogen and oxygen atoms in total. The van der Waals surface area contributed by atoms with Crippen molar-refractivity contribution in [1.29, 1.82) is 0 Å². The molecule has 3 aliphatic heterocycles. The van der Waals surface area contributed by atoms with E-state index in [1.165, 1.54) is 24.0 Å². The van der Waals surface area contributed by atoms with Gasteiger partial charge in [-0.3, -0.25) is 43.8 Å². The zero-order chi connectivity index (χ0) is 48.0. The number of para-hydroxylation sites is 1. The van der Waals surface area contributed by atoms with Crippen molar-refractivity contribution in [1.82, 2.24) is 25.3 Å². The summed E-state index contributed by atoms with van der Waals surface area (Å²) >= 11 is 0. The Bertz CT molecular complexity index is 2580. The van der Waals surface area contributed by atoms with Gasteiger partial charge in [0.05, 0.1) is 17.2 Å². The molecule has 4 aromatic rings. The highest BCUT2D eigenvalue weighted by Gasteiger charge is 2.55. The van der Waals surface area contributed by atoms with Crippen LogP contribution in [0, 0.1) is 12.8 Å². The number of nitrogen functional groups attached to an aromatic ring is 1. The molecule has 344 valence electrons. The van der Waals surface area contributed by atoms with Gasteiger partial charge >= 0.3 is 12.1 Å². The maximum absolute atomic E-state index is 13.9. The number of carbonyl (C=O) groups excluding carboxylic acids is 9. The van der Waals surface area contributed by atoms with Crippen LogP contribution in [0.3, 0.4) is 0 Å². The van der Waals surface area contributed by atoms with Crippen LogP contribution in [0.2, 0.25) is 0 Å². The van der Waals surface area contributed by atoms with Crippen molar-refractivity contribution < 1.29 is 43.2 Å². The molecule has 7 rings (SSSR count). The molecule has 0 radical (unpaired) electrons. The number of anilines is 3. The summed E-state index contributed by atoms with van der Waals surface area (Å²) < 4.78 is 0. The number of benzene rings is 4. The van der Waals surface area contributed by atoms with E-state index >= 15 is 0 Å². The Kier molecular flexibility index (Phi) is 14.5. The lowest BCUT2D eigenvalue weighted by molar-refractivity contribution is -0.139. The van der Waals surface area contributed by atoms with Gasteiger partial charge in [0.1, 0.15) is 23.4 Å². The summed E-state index contributed by atoms with van der Waals surface area (Å²) in [7, 11) is 0. The molecule has 10 amide bonds. The van der Waals surface area contributed by atoms with Gasteiger partial charge in [-0.05, 0) is 93.5 Å². The van der Waals surface area contributed by atoms with Crippen LogP contribution < -0.4 is 27.0 Å². The number of hydrogen-bond acceptors (Lipinski definition) is 10. The SMILES string of the molecule is CC(=O)C[C@H](NC(=O)[C@H](CC(C)C)N1C(=O)N(Cc2ccc(NC(=O)Nc3ccccc3C)cc2)C(C)(C)C1=O)c1ccccc1.Nc1cccc2c1C(=O)N([C@H]1CCC(=O)NC1=O)C2=O. The third-order valence-electron chi connectivity index (χ3n) is 11.6. The molecule has 0 saturated carbocycles. The summed E-state index contributed by atoms with van der Waals surface area (Å²) in [4.78, 5) is 117. The van der Waals surface area contributed by atoms with Crippen LogP contribution in [0.5, 0.6) is 0 Å². The normalized spacial score (nSPS) is 17.4. The predicted octanol–water partition coefficient (Wildman–Crippen LogP) is 6.10. The molecule has 3 heterocycles. The minimum atomic E-state index is -1.21. The number of urea groups is 2. The summed E-state index contributed by atoms with van der Waals surface area (Å²) in [6.07, 6.45) is 0.581. The summed E-state index contributed by atoms with van der Waals surface area (Å²) in [6, 6.07) is 24.7. The number of hydrogen-bond donors (Lipinski definition) is 5. The van der Waals surface area contributed by atoms with Crippen molar-refractivity contribution in [3.8, 4) is 0 Å². The summed E-state index contributed by atoms with van der Waals surface area (Å²) in [5.41, 5.74) is 8.75. The largest absolute Gasteiger partial charge is 0.398 e. The Morgan fingerprint density at radius 1 is 0.833 bits per heavy atom. The minimum absolute atomic E-state index is 0.000421. The van der Waals surface area contributed by atoms with Gasteiger partial charge in [0.25, 0.3) is 17.7 Å². The number of aryl methyl sites for hydroxylation is 1. The highest BCUT2D eigenvalue weighted by atomic mass is 16.2. The lowest BCUT2D eigenvalue weighted by Crippen LogP contribution is -2.54. The molecule has 2 saturated heterocycles. The third kappa shape index (κ3) is 10.5. The van der Waals surface area contributed by atoms with Crippen molar-refractivity contribution in [2.45, 2.75) is 97.4 Å². The maximum Gasteiger partial charge on any atom is 0.328 e. The number of imide groups is 3. The van der Waals surface area contributed by atoms with E-state index in [0.717, 1.165) is 26.5 Å². The smallest absolute Gasteiger partial charge is 0.328 e. The average molecular weight is 899 g/mol. The predicted molar refractivity (Wildman–Crippen MR) is 246 cm³/mol. The fraction of sp³-hybridized carbons (Fsp3) is 0.327. The number of carbonyl (C=O) groups is 9. The Labute approximate surface area is 382 Å². The number of amides is 10. The Morgan fingerprint density at radius 2 is 1.50 bits per heavy atom. The number of nitrogens with two attached hydrogens (primary N) is 1. The molecule has 3 atom stereocenters. The molecule has 3 aliphatic rings. The van der Waals surface area contributed by atoms with Crippen LogP contribution >= 0.6 is 0 Å². The molecule has 4 aromatic carbocycles. The summed E-state index contributed by atoms with van der Waals surface area (Å²) in [6.45, 7) is 10.7. The molecular formula is C49H54N8O9. The summed E-state index contributed by atoms with van der Waals surface area (Å²) in [5, 5.41) is 10.7.